The van der Waals surface area contributed by atoms with Crippen LogP contribution in [0, 0.1) is 0 Å². The van der Waals surface area contributed by atoms with Gasteiger partial charge in [0.2, 0.25) is 5.91 Å². The molecule has 0 aliphatic carbocycles. The van der Waals surface area contributed by atoms with E-state index in [0.717, 1.165) is 5.56 Å². The molecule has 9 heteroatoms. The molecule has 0 radical (unpaired) electrons. The van der Waals surface area contributed by atoms with Gasteiger partial charge in [-0.1, -0.05) is 41.6 Å². The number of H-pyrrole nitrogens is 1. The van der Waals surface area contributed by atoms with Gasteiger partial charge in [-0.05, 0) is 35.4 Å². The van der Waals surface area contributed by atoms with Crippen molar-refractivity contribution >= 4 is 35.1 Å². The van der Waals surface area contributed by atoms with E-state index in [-0.39, 0.29) is 35.2 Å². The molecule has 29 heavy (non-hydrogen) atoms. The van der Waals surface area contributed by atoms with Gasteiger partial charge in [0.25, 0.3) is 5.56 Å². The van der Waals surface area contributed by atoms with Crippen LogP contribution in [-0.4, -0.2) is 26.1 Å². The average molecular weight is 430 g/mol. The number of aromatic hydroxyl groups is 2. The number of amides is 1. The molecule has 1 aliphatic rings. The van der Waals surface area contributed by atoms with Crippen molar-refractivity contribution in [3.63, 3.8) is 0 Å². The normalized spacial score (nSPS) is 15.6. The van der Waals surface area contributed by atoms with Crippen LogP contribution in [0.3, 0.4) is 0 Å². The molecule has 4 rings (SSSR count). The lowest BCUT2D eigenvalue weighted by Crippen LogP contribution is -2.31. The lowest BCUT2D eigenvalue weighted by molar-refractivity contribution is -0.116. The minimum absolute atomic E-state index is 0.0387. The van der Waals surface area contributed by atoms with Crippen LogP contribution in [0.4, 0.5) is 5.82 Å². The number of phenols is 2. The SMILES string of the molecule is O=C1CC(c2ccc(O)c(O)c2)c2c(nc(SCc3cccc(Cl)c3)[nH]c2=O)N1. The van der Waals surface area contributed by atoms with E-state index in [1.54, 1.807) is 12.1 Å². The molecule has 0 spiro atoms. The number of nitrogens with zero attached hydrogens (tertiary/aromatic N) is 1. The fourth-order valence-electron chi connectivity index (χ4n) is 3.24. The molecule has 1 amide bonds. The molecule has 2 heterocycles. The van der Waals surface area contributed by atoms with Gasteiger partial charge in [0, 0.05) is 23.1 Å². The highest BCUT2D eigenvalue weighted by Gasteiger charge is 2.31. The summed E-state index contributed by atoms with van der Waals surface area (Å²) in [7, 11) is 0. The molecule has 1 aliphatic heterocycles. The van der Waals surface area contributed by atoms with E-state index in [1.807, 2.05) is 18.2 Å². The first-order chi connectivity index (χ1) is 13.9. The van der Waals surface area contributed by atoms with E-state index in [1.165, 1.54) is 23.9 Å². The number of phenolic OH excluding ortho intramolecular Hbond substituents is 2. The third-order valence-corrected chi connectivity index (χ3v) is 5.78. The monoisotopic (exact) mass is 429 g/mol. The lowest BCUT2D eigenvalue weighted by atomic mass is 9.86. The van der Waals surface area contributed by atoms with Crippen LogP contribution in [0.5, 0.6) is 11.5 Å². The van der Waals surface area contributed by atoms with Crippen molar-refractivity contribution in [3.8, 4) is 11.5 Å². The van der Waals surface area contributed by atoms with Crippen molar-refractivity contribution in [2.24, 2.45) is 0 Å². The maximum Gasteiger partial charge on any atom is 0.257 e. The van der Waals surface area contributed by atoms with Crippen LogP contribution in [0.25, 0.3) is 0 Å². The van der Waals surface area contributed by atoms with Gasteiger partial charge in [0.15, 0.2) is 16.7 Å². The first kappa shape index (κ1) is 19.4. The van der Waals surface area contributed by atoms with Crippen molar-refractivity contribution < 1.29 is 15.0 Å². The molecule has 148 valence electrons. The molecule has 1 aromatic heterocycles. The third kappa shape index (κ3) is 4.08. The zero-order chi connectivity index (χ0) is 20.5. The van der Waals surface area contributed by atoms with Crippen LogP contribution < -0.4 is 10.9 Å². The largest absolute Gasteiger partial charge is 0.504 e. The summed E-state index contributed by atoms with van der Waals surface area (Å²) in [6, 6.07) is 11.6. The zero-order valence-corrected chi connectivity index (χ0v) is 16.5. The second-order valence-corrected chi connectivity index (χ2v) is 8.01. The predicted molar refractivity (Wildman–Crippen MR) is 111 cm³/mol. The minimum Gasteiger partial charge on any atom is -0.504 e. The smallest absolute Gasteiger partial charge is 0.257 e. The Morgan fingerprint density at radius 3 is 2.72 bits per heavy atom. The quantitative estimate of drug-likeness (QED) is 0.286. The molecule has 7 nitrogen and oxygen atoms in total. The van der Waals surface area contributed by atoms with Gasteiger partial charge in [-0.3, -0.25) is 9.59 Å². The maximum atomic E-state index is 12.8. The summed E-state index contributed by atoms with van der Waals surface area (Å²) in [5, 5.41) is 23.0. The number of rotatable bonds is 4. The van der Waals surface area contributed by atoms with Crippen molar-refractivity contribution in [2.75, 3.05) is 5.32 Å². The molecule has 3 aromatic rings. The first-order valence-corrected chi connectivity index (χ1v) is 10.1. The fourth-order valence-corrected chi connectivity index (χ4v) is 4.26. The Morgan fingerprint density at radius 1 is 1.14 bits per heavy atom. The summed E-state index contributed by atoms with van der Waals surface area (Å²) in [5.41, 5.74) is 1.48. The topological polar surface area (TPSA) is 115 Å². The predicted octanol–water partition coefficient (Wildman–Crippen LogP) is 3.60. The van der Waals surface area contributed by atoms with Crippen molar-refractivity contribution in [1.29, 1.82) is 0 Å². The van der Waals surface area contributed by atoms with Crippen LogP contribution in [0.15, 0.2) is 52.4 Å². The van der Waals surface area contributed by atoms with E-state index < -0.39 is 5.92 Å². The van der Waals surface area contributed by atoms with Crippen LogP contribution in [-0.2, 0) is 10.5 Å². The molecule has 0 saturated carbocycles. The van der Waals surface area contributed by atoms with Gasteiger partial charge >= 0.3 is 0 Å². The minimum atomic E-state index is -0.575. The number of nitrogens with one attached hydrogen (secondary N) is 2. The van der Waals surface area contributed by atoms with Crippen LogP contribution >= 0.6 is 23.4 Å². The summed E-state index contributed by atoms with van der Waals surface area (Å²) in [5.74, 6) is -0.684. The number of aromatic amines is 1. The molecule has 4 N–H and O–H groups in total. The highest BCUT2D eigenvalue weighted by atomic mass is 35.5. The Hall–Kier alpha value is -2.97. The van der Waals surface area contributed by atoms with Gasteiger partial charge in [-0.2, -0.15) is 0 Å². The third-order valence-electron chi connectivity index (χ3n) is 4.60. The van der Waals surface area contributed by atoms with E-state index in [4.69, 9.17) is 11.6 Å². The molecular weight excluding hydrogens is 414 g/mol. The number of anilines is 1. The van der Waals surface area contributed by atoms with Crippen molar-refractivity contribution in [1.82, 2.24) is 9.97 Å². The molecule has 0 saturated heterocycles. The van der Waals surface area contributed by atoms with E-state index in [9.17, 15) is 19.8 Å². The number of halogens is 1. The number of carbonyl (C=O) groups excluding carboxylic acids is 1. The first-order valence-electron chi connectivity index (χ1n) is 8.74. The highest BCUT2D eigenvalue weighted by Crippen LogP contribution is 2.37. The van der Waals surface area contributed by atoms with Crippen LogP contribution in [0.2, 0.25) is 5.02 Å². The van der Waals surface area contributed by atoms with Crippen molar-refractivity contribution in [3.05, 3.63) is 74.5 Å². The Morgan fingerprint density at radius 2 is 1.97 bits per heavy atom. The number of hydrogen-bond donors (Lipinski definition) is 4. The number of fused-ring (bicyclic) bond motifs is 1. The number of carbonyl (C=O) groups is 1. The number of hydrogen-bond acceptors (Lipinski definition) is 6. The van der Waals surface area contributed by atoms with Crippen molar-refractivity contribution in [2.45, 2.75) is 23.2 Å². The zero-order valence-electron chi connectivity index (χ0n) is 15.0. The fraction of sp³-hybridized carbons (Fsp3) is 0.150. The number of thioether (sulfide) groups is 1. The van der Waals surface area contributed by atoms with Gasteiger partial charge in [-0.15, -0.1) is 0 Å². The molecule has 1 unspecified atom stereocenters. The summed E-state index contributed by atoms with van der Waals surface area (Å²) in [4.78, 5) is 32.2. The molecule has 0 bridgehead atoms. The Bertz CT molecular complexity index is 1160. The van der Waals surface area contributed by atoms with Gasteiger partial charge in [-0.25, -0.2) is 4.98 Å². The molecular formula is C20H16ClN3O4S. The van der Waals surface area contributed by atoms with Crippen LogP contribution in [0.1, 0.15) is 29.0 Å². The second-order valence-electron chi connectivity index (χ2n) is 6.60. The van der Waals surface area contributed by atoms with E-state index in [0.29, 0.717) is 27.1 Å². The van der Waals surface area contributed by atoms with E-state index in [2.05, 4.69) is 15.3 Å². The Balaban J connectivity index is 1.66. The lowest BCUT2D eigenvalue weighted by Gasteiger charge is -2.24. The Labute approximate surface area is 174 Å². The number of benzene rings is 2. The summed E-state index contributed by atoms with van der Waals surface area (Å²) in [6.07, 6.45) is 0.0387. The average Bonchev–Trinajstić information content (AvgIpc) is 2.67. The molecule has 1 atom stereocenters. The summed E-state index contributed by atoms with van der Waals surface area (Å²) in [6.45, 7) is 0. The standard InChI is InChI=1S/C20H16ClN3O4S/c21-12-3-1-2-10(6-12)9-29-20-23-18-17(19(28)24-20)13(8-16(27)22-18)11-4-5-14(25)15(26)7-11/h1-7,13,25-26H,8-9H2,(H2,22,23,24,27,28). The van der Waals surface area contributed by atoms with Gasteiger partial charge in [0.05, 0.1) is 5.56 Å². The molecule has 2 aromatic carbocycles. The second kappa shape index (κ2) is 7.81. The van der Waals surface area contributed by atoms with Gasteiger partial charge in [0.1, 0.15) is 5.82 Å². The summed E-state index contributed by atoms with van der Waals surface area (Å²) < 4.78 is 0. The maximum absolute atomic E-state index is 12.8. The Kier molecular flexibility index (Phi) is 5.21. The number of aromatic nitrogens is 2. The molecule has 0 fully saturated rings. The van der Waals surface area contributed by atoms with E-state index >= 15 is 0 Å². The summed E-state index contributed by atoms with van der Waals surface area (Å²) >= 11 is 7.32. The highest BCUT2D eigenvalue weighted by molar-refractivity contribution is 7.98. The van der Waals surface area contributed by atoms with Gasteiger partial charge < -0.3 is 20.5 Å².